The minimum atomic E-state index is -3.84. The van der Waals surface area contributed by atoms with E-state index in [2.05, 4.69) is 0 Å². The molecule has 0 aliphatic carbocycles. The lowest BCUT2D eigenvalue weighted by atomic mass is 10.1. The number of amides is 1. The standard InChI is InChI=1S/C26H28FN3O3S/c27-24-13-7-8-14-25(24)28-17-19-29(20-18-28)26(31)21-30(16-15-22-9-3-1-4-10-22)34(32,33)23-11-5-2-6-12-23/h1-14H,15-21H2. The fraction of sp³-hybridized carbons (Fsp3) is 0.269. The molecule has 6 nitrogen and oxygen atoms in total. The van der Waals surface area contributed by atoms with Gasteiger partial charge in [-0.3, -0.25) is 4.79 Å². The highest BCUT2D eigenvalue weighted by atomic mass is 32.2. The van der Waals surface area contributed by atoms with E-state index in [0.717, 1.165) is 5.56 Å². The van der Waals surface area contributed by atoms with Crippen LogP contribution in [0, 0.1) is 5.82 Å². The molecule has 178 valence electrons. The first-order valence-corrected chi connectivity index (χ1v) is 12.8. The fourth-order valence-corrected chi connectivity index (χ4v) is 5.49. The van der Waals surface area contributed by atoms with Gasteiger partial charge in [-0.25, -0.2) is 12.8 Å². The molecule has 1 aliphatic heterocycles. The zero-order valence-electron chi connectivity index (χ0n) is 18.9. The van der Waals surface area contributed by atoms with Crippen LogP contribution >= 0.6 is 0 Å². The quantitative estimate of drug-likeness (QED) is 0.495. The molecule has 1 fully saturated rings. The molecule has 34 heavy (non-hydrogen) atoms. The van der Waals surface area contributed by atoms with Crippen molar-refractivity contribution in [1.29, 1.82) is 0 Å². The SMILES string of the molecule is O=C(CN(CCc1ccccc1)S(=O)(=O)c1ccccc1)N1CCN(c2ccccc2F)CC1. The molecule has 1 amide bonds. The van der Waals surface area contributed by atoms with Crippen LogP contribution in [0.15, 0.2) is 89.8 Å². The van der Waals surface area contributed by atoms with Gasteiger partial charge >= 0.3 is 0 Å². The molecule has 0 radical (unpaired) electrons. The van der Waals surface area contributed by atoms with Crippen LogP contribution in [0.1, 0.15) is 5.56 Å². The third-order valence-corrected chi connectivity index (χ3v) is 7.87. The molecular formula is C26H28FN3O3S. The normalized spacial score (nSPS) is 14.4. The van der Waals surface area contributed by atoms with Crippen molar-refractivity contribution in [2.45, 2.75) is 11.3 Å². The molecule has 4 rings (SSSR count). The average Bonchev–Trinajstić information content (AvgIpc) is 2.88. The van der Waals surface area contributed by atoms with Gasteiger partial charge in [-0.15, -0.1) is 0 Å². The van der Waals surface area contributed by atoms with Crippen molar-refractivity contribution in [3.63, 3.8) is 0 Å². The van der Waals surface area contributed by atoms with E-state index in [9.17, 15) is 17.6 Å². The number of anilines is 1. The van der Waals surface area contributed by atoms with Crippen LogP contribution < -0.4 is 4.90 Å². The lowest BCUT2D eigenvalue weighted by molar-refractivity contribution is -0.131. The Balaban J connectivity index is 1.45. The van der Waals surface area contributed by atoms with E-state index in [0.29, 0.717) is 38.3 Å². The van der Waals surface area contributed by atoms with Gasteiger partial charge in [0.2, 0.25) is 15.9 Å². The predicted molar refractivity (Wildman–Crippen MR) is 131 cm³/mol. The molecule has 3 aromatic carbocycles. The molecule has 0 unspecified atom stereocenters. The van der Waals surface area contributed by atoms with Crippen molar-refractivity contribution in [2.24, 2.45) is 0 Å². The zero-order valence-corrected chi connectivity index (χ0v) is 19.7. The first-order valence-electron chi connectivity index (χ1n) is 11.3. The number of halogens is 1. The molecule has 3 aromatic rings. The number of hydrogen-bond acceptors (Lipinski definition) is 4. The van der Waals surface area contributed by atoms with Crippen LogP contribution in [0.4, 0.5) is 10.1 Å². The van der Waals surface area contributed by atoms with Crippen molar-refractivity contribution in [3.8, 4) is 0 Å². The van der Waals surface area contributed by atoms with Crippen LogP contribution in [0.3, 0.4) is 0 Å². The highest BCUT2D eigenvalue weighted by Gasteiger charge is 2.30. The second kappa shape index (κ2) is 10.8. The van der Waals surface area contributed by atoms with Crippen LogP contribution in [0.5, 0.6) is 0 Å². The number of rotatable bonds is 8. The van der Waals surface area contributed by atoms with Gasteiger partial charge in [0.1, 0.15) is 5.82 Å². The first kappa shape index (κ1) is 23.9. The van der Waals surface area contributed by atoms with Crippen molar-refractivity contribution in [3.05, 3.63) is 96.3 Å². The van der Waals surface area contributed by atoms with Crippen molar-refractivity contribution < 1.29 is 17.6 Å². The summed E-state index contributed by atoms with van der Waals surface area (Å²) in [5.74, 6) is -0.538. The topological polar surface area (TPSA) is 60.9 Å². The molecule has 1 saturated heterocycles. The highest BCUT2D eigenvalue weighted by molar-refractivity contribution is 7.89. The number of carbonyl (C=O) groups excluding carboxylic acids is 1. The largest absolute Gasteiger partial charge is 0.366 e. The molecule has 1 heterocycles. The van der Waals surface area contributed by atoms with Gasteiger partial charge in [0.05, 0.1) is 17.1 Å². The summed E-state index contributed by atoms with van der Waals surface area (Å²) in [5, 5.41) is 0. The summed E-state index contributed by atoms with van der Waals surface area (Å²) in [6, 6.07) is 24.4. The Morgan fingerprint density at radius 3 is 2.06 bits per heavy atom. The summed E-state index contributed by atoms with van der Waals surface area (Å²) in [5.41, 5.74) is 1.52. The highest BCUT2D eigenvalue weighted by Crippen LogP contribution is 2.21. The van der Waals surface area contributed by atoms with Crippen LogP contribution in [-0.2, 0) is 21.2 Å². The number of sulfonamides is 1. The summed E-state index contributed by atoms with van der Waals surface area (Å²) >= 11 is 0. The second-order valence-corrected chi connectivity index (χ2v) is 10.1. The van der Waals surface area contributed by atoms with E-state index < -0.39 is 10.0 Å². The minimum absolute atomic E-state index is 0.167. The first-order chi connectivity index (χ1) is 16.4. The van der Waals surface area contributed by atoms with Crippen LogP contribution in [-0.4, -0.2) is 62.8 Å². The summed E-state index contributed by atoms with van der Waals surface area (Å²) in [6.07, 6.45) is 0.501. The number of carbonyl (C=O) groups is 1. The maximum atomic E-state index is 14.1. The van der Waals surface area contributed by atoms with E-state index in [-0.39, 0.29) is 29.7 Å². The fourth-order valence-electron chi connectivity index (χ4n) is 4.08. The van der Waals surface area contributed by atoms with Crippen LogP contribution in [0.25, 0.3) is 0 Å². The Labute approximate surface area is 200 Å². The van der Waals surface area contributed by atoms with E-state index >= 15 is 0 Å². The van der Waals surface area contributed by atoms with Gasteiger partial charge in [0, 0.05) is 32.7 Å². The van der Waals surface area contributed by atoms with Gasteiger partial charge in [-0.1, -0.05) is 60.7 Å². The molecule has 0 spiro atoms. The molecule has 1 aliphatic rings. The second-order valence-electron chi connectivity index (χ2n) is 8.21. The summed E-state index contributed by atoms with van der Waals surface area (Å²) in [6.45, 7) is 1.76. The van der Waals surface area contributed by atoms with E-state index in [4.69, 9.17) is 0 Å². The molecular weight excluding hydrogens is 453 g/mol. The Bertz CT molecular complexity index is 1200. The third kappa shape index (κ3) is 5.63. The molecule has 0 N–H and O–H groups in total. The third-order valence-electron chi connectivity index (χ3n) is 6.01. The van der Waals surface area contributed by atoms with Gasteiger partial charge in [-0.05, 0) is 36.2 Å². The number of nitrogens with zero attached hydrogens (tertiary/aromatic N) is 3. The molecule has 0 atom stereocenters. The Kier molecular flexibility index (Phi) is 7.59. The number of benzene rings is 3. The summed E-state index contributed by atoms with van der Waals surface area (Å²) < 4.78 is 42.1. The lowest BCUT2D eigenvalue weighted by Gasteiger charge is -2.37. The van der Waals surface area contributed by atoms with Gasteiger partial charge in [-0.2, -0.15) is 4.31 Å². The van der Waals surface area contributed by atoms with Gasteiger partial charge in [0.15, 0.2) is 0 Å². The van der Waals surface area contributed by atoms with Crippen molar-refractivity contribution in [2.75, 3.05) is 44.2 Å². The molecule has 8 heteroatoms. The maximum absolute atomic E-state index is 14.1. The Morgan fingerprint density at radius 1 is 0.824 bits per heavy atom. The number of piperazine rings is 1. The average molecular weight is 482 g/mol. The monoisotopic (exact) mass is 481 g/mol. The number of hydrogen-bond donors (Lipinski definition) is 0. The van der Waals surface area contributed by atoms with Crippen molar-refractivity contribution >= 4 is 21.6 Å². The van der Waals surface area contributed by atoms with Gasteiger partial charge < -0.3 is 9.80 Å². The van der Waals surface area contributed by atoms with Crippen molar-refractivity contribution in [1.82, 2.24) is 9.21 Å². The summed E-state index contributed by atoms with van der Waals surface area (Å²) in [7, 11) is -3.84. The van der Waals surface area contributed by atoms with E-state index in [1.54, 1.807) is 53.4 Å². The van der Waals surface area contributed by atoms with Gasteiger partial charge in [0.25, 0.3) is 0 Å². The van der Waals surface area contributed by atoms with E-state index in [1.165, 1.54) is 10.4 Å². The molecule has 0 bridgehead atoms. The molecule has 0 aromatic heterocycles. The van der Waals surface area contributed by atoms with E-state index in [1.807, 2.05) is 35.2 Å². The summed E-state index contributed by atoms with van der Waals surface area (Å²) in [4.78, 5) is 16.9. The predicted octanol–water partition coefficient (Wildman–Crippen LogP) is 3.41. The maximum Gasteiger partial charge on any atom is 0.243 e. The lowest BCUT2D eigenvalue weighted by Crippen LogP contribution is -2.52. The Morgan fingerprint density at radius 2 is 1.41 bits per heavy atom. The molecule has 0 saturated carbocycles. The van der Waals surface area contributed by atoms with Crippen LogP contribution in [0.2, 0.25) is 0 Å². The minimum Gasteiger partial charge on any atom is -0.366 e. The Hall–Kier alpha value is -3.23. The number of para-hydroxylation sites is 1. The zero-order chi connectivity index (χ0) is 24.0. The smallest absolute Gasteiger partial charge is 0.243 e.